The summed E-state index contributed by atoms with van der Waals surface area (Å²) in [5, 5.41) is 9.41. The van der Waals surface area contributed by atoms with Crippen molar-refractivity contribution in [3.63, 3.8) is 0 Å². The Balaban J connectivity index is 0.00000450. The Kier molecular flexibility index (Phi) is 12.6. The lowest BCUT2D eigenvalue weighted by molar-refractivity contribution is 0.0954. The minimum absolute atomic E-state index is 0. The zero-order valence-corrected chi connectivity index (χ0v) is 20.3. The molecule has 0 fully saturated rings. The Morgan fingerprint density at radius 2 is 1.67 bits per heavy atom. The van der Waals surface area contributed by atoms with Crippen LogP contribution in [0.2, 0.25) is 0 Å². The molecule has 0 aromatic heterocycles. The van der Waals surface area contributed by atoms with Crippen molar-refractivity contribution in [3.05, 3.63) is 65.7 Å². The first kappa shape index (κ1) is 25.7. The molecule has 0 bridgehead atoms. The van der Waals surface area contributed by atoms with Crippen molar-refractivity contribution in [1.82, 2.24) is 16.0 Å². The number of carbonyl (C=O) groups excluding carboxylic acids is 1. The van der Waals surface area contributed by atoms with E-state index in [0.717, 1.165) is 31.2 Å². The molecule has 1 amide bonds. The molecule has 1 unspecified atom stereocenters. The van der Waals surface area contributed by atoms with Crippen LogP contribution in [0.5, 0.6) is 5.75 Å². The molecule has 164 valence electrons. The Morgan fingerprint density at radius 1 is 1.00 bits per heavy atom. The molecule has 0 spiro atoms. The lowest BCUT2D eigenvalue weighted by atomic mass is 9.98. The van der Waals surface area contributed by atoms with Crippen LogP contribution in [0.1, 0.15) is 42.1 Å². The number of methoxy groups -OCH3 is 1. The van der Waals surface area contributed by atoms with Gasteiger partial charge in [0.15, 0.2) is 5.96 Å². The molecule has 2 aromatic rings. The van der Waals surface area contributed by atoms with Crippen LogP contribution in [-0.2, 0) is 0 Å². The number of hydrogen-bond acceptors (Lipinski definition) is 3. The van der Waals surface area contributed by atoms with E-state index >= 15 is 0 Å². The van der Waals surface area contributed by atoms with E-state index in [4.69, 9.17) is 4.74 Å². The van der Waals surface area contributed by atoms with Crippen LogP contribution in [0.15, 0.2) is 59.6 Å². The van der Waals surface area contributed by atoms with Crippen molar-refractivity contribution in [2.24, 2.45) is 4.99 Å². The molecule has 7 heteroatoms. The summed E-state index contributed by atoms with van der Waals surface area (Å²) < 4.78 is 5.21. The first-order chi connectivity index (χ1) is 14.1. The van der Waals surface area contributed by atoms with E-state index in [9.17, 15) is 4.79 Å². The number of ether oxygens (including phenoxy) is 1. The highest BCUT2D eigenvalue weighted by Crippen LogP contribution is 2.21. The van der Waals surface area contributed by atoms with Crippen LogP contribution >= 0.6 is 24.0 Å². The van der Waals surface area contributed by atoms with Gasteiger partial charge in [0, 0.05) is 31.7 Å². The zero-order chi connectivity index (χ0) is 20.9. The lowest BCUT2D eigenvalue weighted by Gasteiger charge is -2.14. The summed E-state index contributed by atoms with van der Waals surface area (Å²) in [6, 6.07) is 17.4. The molecule has 1 atom stereocenters. The molecule has 0 aliphatic carbocycles. The molecular weight excluding hydrogens is 491 g/mol. The number of guanidine groups is 1. The topological polar surface area (TPSA) is 74.8 Å². The van der Waals surface area contributed by atoms with Gasteiger partial charge in [0.05, 0.1) is 7.11 Å². The first-order valence-corrected chi connectivity index (χ1v) is 10.1. The molecule has 0 radical (unpaired) electrons. The van der Waals surface area contributed by atoms with E-state index < -0.39 is 0 Å². The third-order valence-electron chi connectivity index (χ3n) is 4.60. The molecule has 0 saturated heterocycles. The Bertz CT molecular complexity index is 767. The van der Waals surface area contributed by atoms with E-state index in [-0.39, 0.29) is 29.9 Å². The quantitative estimate of drug-likeness (QED) is 0.191. The number of amides is 1. The fourth-order valence-electron chi connectivity index (χ4n) is 2.86. The summed E-state index contributed by atoms with van der Waals surface area (Å²) in [6.07, 6.45) is 0.952. The predicted molar refractivity (Wildman–Crippen MR) is 134 cm³/mol. The van der Waals surface area contributed by atoms with Crippen LogP contribution in [0.3, 0.4) is 0 Å². The molecule has 30 heavy (non-hydrogen) atoms. The highest BCUT2D eigenvalue weighted by molar-refractivity contribution is 14.0. The van der Waals surface area contributed by atoms with Gasteiger partial charge >= 0.3 is 0 Å². The number of carbonyl (C=O) groups is 1. The van der Waals surface area contributed by atoms with Crippen molar-refractivity contribution in [2.75, 3.05) is 33.3 Å². The summed E-state index contributed by atoms with van der Waals surface area (Å²) in [4.78, 5) is 16.7. The van der Waals surface area contributed by atoms with Crippen LogP contribution < -0.4 is 20.7 Å². The van der Waals surface area contributed by atoms with Crippen molar-refractivity contribution < 1.29 is 9.53 Å². The smallest absolute Gasteiger partial charge is 0.251 e. The fraction of sp³-hybridized carbons (Fsp3) is 0.391. The average molecular weight is 524 g/mol. The monoisotopic (exact) mass is 524 g/mol. The summed E-state index contributed by atoms with van der Waals surface area (Å²) in [5.41, 5.74) is 1.95. The summed E-state index contributed by atoms with van der Waals surface area (Å²) in [6.45, 7) is 6.89. The maximum atomic E-state index is 12.0. The first-order valence-electron chi connectivity index (χ1n) is 10.1. The summed E-state index contributed by atoms with van der Waals surface area (Å²) in [7, 11) is 1.68. The number of benzene rings is 2. The number of nitrogens with zero attached hydrogens (tertiary/aromatic N) is 1. The predicted octanol–water partition coefficient (Wildman–Crippen LogP) is 3.79. The molecular formula is C23H33IN4O2. The van der Waals surface area contributed by atoms with E-state index in [2.05, 4.69) is 40.0 Å². The van der Waals surface area contributed by atoms with Gasteiger partial charge in [-0.15, -0.1) is 24.0 Å². The van der Waals surface area contributed by atoms with Crippen LogP contribution in [0, 0.1) is 0 Å². The van der Waals surface area contributed by atoms with Crippen molar-refractivity contribution in [1.29, 1.82) is 0 Å². The number of halogens is 1. The fourth-order valence-corrected chi connectivity index (χ4v) is 2.86. The largest absolute Gasteiger partial charge is 0.497 e. The molecule has 0 aliphatic rings. The van der Waals surface area contributed by atoms with Gasteiger partial charge in [-0.1, -0.05) is 37.3 Å². The lowest BCUT2D eigenvalue weighted by Crippen LogP contribution is -2.41. The van der Waals surface area contributed by atoms with E-state index in [1.807, 2.05) is 37.3 Å². The van der Waals surface area contributed by atoms with Crippen LogP contribution in [-0.4, -0.2) is 45.2 Å². The minimum atomic E-state index is -0.0670. The van der Waals surface area contributed by atoms with Gasteiger partial charge in [0.2, 0.25) is 0 Å². The van der Waals surface area contributed by atoms with Gasteiger partial charge in [0.1, 0.15) is 5.75 Å². The Hall–Kier alpha value is -2.29. The molecule has 0 saturated carbocycles. The number of aliphatic imine (C=N–C) groups is 1. The van der Waals surface area contributed by atoms with E-state index in [0.29, 0.717) is 24.6 Å². The molecule has 2 aromatic carbocycles. The average Bonchev–Trinajstić information content (AvgIpc) is 2.77. The normalized spacial score (nSPS) is 11.8. The van der Waals surface area contributed by atoms with Gasteiger partial charge in [-0.3, -0.25) is 9.79 Å². The maximum absolute atomic E-state index is 12.0. The van der Waals surface area contributed by atoms with Crippen molar-refractivity contribution in [2.45, 2.75) is 26.2 Å². The van der Waals surface area contributed by atoms with Gasteiger partial charge in [-0.2, -0.15) is 0 Å². The van der Waals surface area contributed by atoms with Gasteiger partial charge < -0.3 is 20.7 Å². The second kappa shape index (κ2) is 14.7. The highest BCUT2D eigenvalue weighted by Gasteiger charge is 2.06. The molecule has 0 heterocycles. The number of hydrogen-bond donors (Lipinski definition) is 3. The van der Waals surface area contributed by atoms with Crippen molar-refractivity contribution >= 4 is 35.8 Å². The van der Waals surface area contributed by atoms with Crippen LogP contribution in [0.25, 0.3) is 0 Å². The van der Waals surface area contributed by atoms with E-state index in [1.54, 1.807) is 19.2 Å². The standard InChI is InChI=1S/C23H32N4O2.HI/c1-4-24-23(27-17-16-25-22(28)20-8-6-5-7-9-20)26-15-14-18(2)19-10-12-21(29-3)13-11-19;/h5-13,18H,4,14-17H2,1-3H3,(H,25,28)(H2,24,26,27);1H. The minimum Gasteiger partial charge on any atom is -0.497 e. The second-order valence-corrected chi connectivity index (χ2v) is 6.77. The SMILES string of the molecule is CCNC(=NCCC(C)c1ccc(OC)cc1)NCCNC(=O)c1ccccc1.I. The second-order valence-electron chi connectivity index (χ2n) is 6.77. The number of rotatable bonds is 10. The van der Waals surface area contributed by atoms with Gasteiger partial charge in [-0.25, -0.2) is 0 Å². The number of nitrogens with one attached hydrogen (secondary N) is 3. The third-order valence-corrected chi connectivity index (χ3v) is 4.60. The highest BCUT2D eigenvalue weighted by atomic mass is 127. The van der Waals surface area contributed by atoms with E-state index in [1.165, 1.54) is 5.56 Å². The molecule has 2 rings (SSSR count). The third kappa shape index (κ3) is 9.02. The van der Waals surface area contributed by atoms with Gasteiger partial charge in [0.25, 0.3) is 5.91 Å². The Labute approximate surface area is 196 Å². The Morgan fingerprint density at radius 3 is 2.30 bits per heavy atom. The van der Waals surface area contributed by atoms with Gasteiger partial charge in [-0.05, 0) is 49.1 Å². The zero-order valence-electron chi connectivity index (χ0n) is 18.0. The summed E-state index contributed by atoms with van der Waals surface area (Å²) in [5.74, 6) is 1.99. The molecule has 3 N–H and O–H groups in total. The van der Waals surface area contributed by atoms with Crippen LogP contribution in [0.4, 0.5) is 0 Å². The van der Waals surface area contributed by atoms with Crippen molar-refractivity contribution in [3.8, 4) is 5.75 Å². The molecule has 0 aliphatic heterocycles. The molecule has 6 nitrogen and oxygen atoms in total. The summed E-state index contributed by atoms with van der Waals surface area (Å²) >= 11 is 0. The maximum Gasteiger partial charge on any atom is 0.251 e.